The molecule has 160 valence electrons. The van der Waals surface area contributed by atoms with Crippen LogP contribution in [-0.2, 0) is 9.59 Å². The fraction of sp³-hybridized carbons (Fsp3) is 0.280. The molecule has 0 aromatic heterocycles. The molecule has 2 aromatic rings. The Morgan fingerprint density at radius 2 is 1.71 bits per heavy atom. The fourth-order valence-corrected chi connectivity index (χ4v) is 4.14. The molecule has 1 fully saturated rings. The van der Waals surface area contributed by atoms with Crippen molar-refractivity contribution in [3.63, 3.8) is 0 Å². The molecule has 0 atom stereocenters. The van der Waals surface area contributed by atoms with Crippen molar-refractivity contribution in [1.29, 1.82) is 0 Å². The number of para-hydroxylation sites is 1. The van der Waals surface area contributed by atoms with E-state index in [1.54, 1.807) is 25.3 Å². The monoisotopic (exact) mass is 417 g/mol. The van der Waals surface area contributed by atoms with E-state index in [1.807, 2.05) is 24.3 Å². The van der Waals surface area contributed by atoms with E-state index >= 15 is 0 Å². The van der Waals surface area contributed by atoms with Gasteiger partial charge in [-0.1, -0.05) is 24.3 Å². The lowest BCUT2D eigenvalue weighted by atomic mass is 10.0. The van der Waals surface area contributed by atoms with Crippen LogP contribution >= 0.6 is 0 Å². The van der Waals surface area contributed by atoms with Crippen molar-refractivity contribution in [3.8, 4) is 5.75 Å². The number of nitrogens with zero attached hydrogens (tertiary/aromatic N) is 2. The van der Waals surface area contributed by atoms with Gasteiger partial charge in [0.2, 0.25) is 0 Å². The standard InChI is InChI=1S/C25H27N3O3/c1-3-15-28-24(29)22(20-9-5-6-10-21(20)31-2)23(25(28)30)26-18-11-13-19(14-12-18)27-16-7-4-8-17-27/h3,5-6,9-14,26H,1,4,7-8,15-17H2,2H3. The van der Waals surface area contributed by atoms with Gasteiger partial charge in [-0.05, 0) is 49.6 Å². The molecule has 1 N–H and O–H groups in total. The summed E-state index contributed by atoms with van der Waals surface area (Å²) in [5.74, 6) is -0.188. The third-order valence-electron chi connectivity index (χ3n) is 5.71. The largest absolute Gasteiger partial charge is 0.496 e. The second kappa shape index (κ2) is 9.08. The Balaban J connectivity index is 1.68. The summed E-state index contributed by atoms with van der Waals surface area (Å²) in [6.45, 7) is 5.96. The molecule has 1 saturated heterocycles. The quantitative estimate of drug-likeness (QED) is 0.544. The summed E-state index contributed by atoms with van der Waals surface area (Å²) >= 11 is 0. The van der Waals surface area contributed by atoms with Crippen molar-refractivity contribution in [3.05, 3.63) is 72.4 Å². The highest BCUT2D eigenvalue weighted by Gasteiger charge is 2.39. The first-order chi connectivity index (χ1) is 15.1. The van der Waals surface area contributed by atoms with E-state index in [4.69, 9.17) is 4.74 Å². The Bertz CT molecular complexity index is 1020. The Morgan fingerprint density at radius 3 is 2.39 bits per heavy atom. The van der Waals surface area contributed by atoms with E-state index < -0.39 is 0 Å². The van der Waals surface area contributed by atoms with Crippen LogP contribution in [-0.4, -0.2) is 43.5 Å². The Hall–Kier alpha value is -3.54. The summed E-state index contributed by atoms with van der Waals surface area (Å²) in [4.78, 5) is 29.8. The summed E-state index contributed by atoms with van der Waals surface area (Å²) < 4.78 is 5.45. The van der Waals surface area contributed by atoms with Gasteiger partial charge in [-0.25, -0.2) is 0 Å². The predicted octanol–water partition coefficient (Wildman–Crippen LogP) is 4.06. The number of hydrogen-bond acceptors (Lipinski definition) is 5. The van der Waals surface area contributed by atoms with Gasteiger partial charge in [0.15, 0.2) is 0 Å². The normalized spacial score (nSPS) is 16.7. The number of amides is 2. The summed E-state index contributed by atoms with van der Waals surface area (Å²) in [6.07, 6.45) is 5.26. The van der Waals surface area contributed by atoms with Gasteiger partial charge in [0, 0.05) is 36.6 Å². The number of rotatable bonds is 7. The number of hydrogen-bond donors (Lipinski definition) is 1. The first kappa shape index (κ1) is 20.7. The molecule has 0 bridgehead atoms. The first-order valence-electron chi connectivity index (χ1n) is 10.6. The Kier molecular flexibility index (Phi) is 6.07. The molecule has 6 nitrogen and oxygen atoms in total. The van der Waals surface area contributed by atoms with Gasteiger partial charge in [0.1, 0.15) is 11.4 Å². The molecule has 2 amide bonds. The minimum atomic E-state index is -0.370. The highest BCUT2D eigenvalue weighted by atomic mass is 16.5. The van der Waals surface area contributed by atoms with Gasteiger partial charge >= 0.3 is 0 Å². The Morgan fingerprint density at radius 1 is 1.00 bits per heavy atom. The SMILES string of the molecule is C=CCN1C(=O)C(Nc2ccc(N3CCCCC3)cc2)=C(c2ccccc2OC)C1=O. The average Bonchev–Trinajstić information content (AvgIpc) is 3.04. The minimum Gasteiger partial charge on any atom is -0.496 e. The number of nitrogens with one attached hydrogen (secondary N) is 1. The molecule has 2 aliphatic rings. The molecule has 4 rings (SSSR count). The summed E-state index contributed by atoms with van der Waals surface area (Å²) in [7, 11) is 1.55. The molecule has 0 spiro atoms. The molecule has 2 aliphatic heterocycles. The van der Waals surface area contributed by atoms with Gasteiger partial charge in [-0.3, -0.25) is 14.5 Å². The van der Waals surface area contributed by atoms with Gasteiger partial charge in [0.05, 0.1) is 12.7 Å². The molecule has 0 radical (unpaired) electrons. The highest BCUT2D eigenvalue weighted by Crippen LogP contribution is 2.35. The van der Waals surface area contributed by atoms with Crippen LogP contribution in [0.5, 0.6) is 5.75 Å². The molecule has 6 heteroatoms. The van der Waals surface area contributed by atoms with E-state index in [-0.39, 0.29) is 24.1 Å². The van der Waals surface area contributed by atoms with Gasteiger partial charge in [0.25, 0.3) is 11.8 Å². The number of anilines is 2. The summed E-state index contributed by atoms with van der Waals surface area (Å²) in [6, 6.07) is 15.2. The zero-order chi connectivity index (χ0) is 21.8. The number of ether oxygens (including phenoxy) is 1. The second-order valence-corrected chi connectivity index (χ2v) is 7.68. The maximum Gasteiger partial charge on any atom is 0.278 e. The Labute approximate surface area is 182 Å². The lowest BCUT2D eigenvalue weighted by Crippen LogP contribution is -2.32. The van der Waals surface area contributed by atoms with Crippen LogP contribution in [0.25, 0.3) is 5.57 Å². The minimum absolute atomic E-state index is 0.148. The molecular weight excluding hydrogens is 390 g/mol. The fourth-order valence-electron chi connectivity index (χ4n) is 4.14. The molecule has 0 unspecified atom stereocenters. The molecule has 0 aliphatic carbocycles. The highest BCUT2D eigenvalue weighted by molar-refractivity contribution is 6.37. The van der Waals surface area contributed by atoms with Gasteiger partial charge in [-0.15, -0.1) is 6.58 Å². The van der Waals surface area contributed by atoms with E-state index in [0.29, 0.717) is 16.9 Å². The molecular formula is C25H27N3O3. The topological polar surface area (TPSA) is 61.9 Å². The van der Waals surface area contributed by atoms with Crippen LogP contribution in [0.1, 0.15) is 24.8 Å². The predicted molar refractivity (Wildman–Crippen MR) is 123 cm³/mol. The van der Waals surface area contributed by atoms with Crippen LogP contribution in [0.15, 0.2) is 66.9 Å². The first-order valence-corrected chi connectivity index (χ1v) is 10.6. The van der Waals surface area contributed by atoms with Gasteiger partial charge in [-0.2, -0.15) is 0 Å². The van der Waals surface area contributed by atoms with Crippen LogP contribution in [0.3, 0.4) is 0 Å². The van der Waals surface area contributed by atoms with Crippen molar-refractivity contribution in [2.24, 2.45) is 0 Å². The number of carbonyl (C=O) groups excluding carboxylic acids is 2. The van der Waals surface area contributed by atoms with Crippen molar-refractivity contribution in [2.45, 2.75) is 19.3 Å². The summed E-state index contributed by atoms with van der Waals surface area (Å²) in [5, 5.41) is 3.20. The average molecular weight is 418 g/mol. The van der Waals surface area contributed by atoms with E-state index in [0.717, 1.165) is 18.8 Å². The maximum absolute atomic E-state index is 13.1. The molecule has 2 heterocycles. The van der Waals surface area contributed by atoms with Crippen LogP contribution in [0, 0.1) is 0 Å². The van der Waals surface area contributed by atoms with Crippen molar-refractivity contribution < 1.29 is 14.3 Å². The number of benzene rings is 2. The third-order valence-corrected chi connectivity index (χ3v) is 5.71. The number of carbonyl (C=O) groups is 2. The third kappa shape index (κ3) is 4.06. The number of imide groups is 1. The van der Waals surface area contributed by atoms with Crippen molar-refractivity contribution >= 4 is 28.8 Å². The zero-order valence-corrected chi connectivity index (χ0v) is 17.8. The lowest BCUT2D eigenvalue weighted by molar-refractivity contribution is -0.136. The summed E-state index contributed by atoms with van der Waals surface area (Å²) in [5.41, 5.74) is 3.07. The molecule has 2 aromatic carbocycles. The zero-order valence-electron chi connectivity index (χ0n) is 17.8. The number of piperidine rings is 1. The second-order valence-electron chi connectivity index (χ2n) is 7.68. The van der Waals surface area contributed by atoms with E-state index in [1.165, 1.54) is 29.8 Å². The van der Waals surface area contributed by atoms with E-state index in [2.05, 4.69) is 28.9 Å². The van der Waals surface area contributed by atoms with Crippen LogP contribution in [0.2, 0.25) is 0 Å². The lowest BCUT2D eigenvalue weighted by Gasteiger charge is -2.28. The van der Waals surface area contributed by atoms with Crippen LogP contribution in [0.4, 0.5) is 11.4 Å². The molecule has 31 heavy (non-hydrogen) atoms. The molecule has 0 saturated carbocycles. The van der Waals surface area contributed by atoms with Gasteiger partial charge < -0.3 is 15.0 Å². The van der Waals surface area contributed by atoms with Crippen molar-refractivity contribution in [2.75, 3.05) is 37.0 Å². The number of methoxy groups -OCH3 is 1. The van der Waals surface area contributed by atoms with Crippen LogP contribution < -0.4 is 15.0 Å². The van der Waals surface area contributed by atoms with Crippen molar-refractivity contribution in [1.82, 2.24) is 4.90 Å². The smallest absolute Gasteiger partial charge is 0.278 e. The maximum atomic E-state index is 13.1. The van der Waals surface area contributed by atoms with E-state index in [9.17, 15) is 9.59 Å².